The quantitative estimate of drug-likeness (QED) is 0.708. The molecule has 0 spiro atoms. The van der Waals surface area contributed by atoms with Crippen LogP contribution in [0.1, 0.15) is 54.5 Å². The fraction of sp³-hybridized carbons (Fsp3) is 0.542. The number of hydrogen-bond acceptors (Lipinski definition) is 6. The standard InChI is InChI=1S/C24H32N4O3/c1-17(2)23-25-18(3)15-22(26-23)27-10-12-28(13-11-27)24(29)19-6-8-20(9-7-19)31-16-21-5-4-14-30-21/h6-9,15,17,21H,4-5,10-14,16H2,1-3H3/t21-/m1/s1. The van der Waals surface area contributed by atoms with E-state index in [1.165, 1.54) is 0 Å². The maximum absolute atomic E-state index is 12.9. The third-order valence-electron chi connectivity index (χ3n) is 5.83. The van der Waals surface area contributed by atoms with Gasteiger partial charge in [-0.2, -0.15) is 0 Å². The van der Waals surface area contributed by atoms with Crippen LogP contribution in [0.2, 0.25) is 0 Å². The topological polar surface area (TPSA) is 67.8 Å². The number of ether oxygens (including phenoxy) is 2. The van der Waals surface area contributed by atoms with Gasteiger partial charge in [0, 0.05) is 56.0 Å². The summed E-state index contributed by atoms with van der Waals surface area (Å²) in [4.78, 5) is 26.4. The maximum Gasteiger partial charge on any atom is 0.253 e. The number of benzene rings is 1. The van der Waals surface area contributed by atoms with Gasteiger partial charge >= 0.3 is 0 Å². The highest BCUT2D eigenvalue weighted by atomic mass is 16.5. The van der Waals surface area contributed by atoms with Crippen molar-refractivity contribution in [3.8, 4) is 5.75 Å². The summed E-state index contributed by atoms with van der Waals surface area (Å²) in [5.74, 6) is 2.95. The molecule has 0 radical (unpaired) electrons. The molecule has 1 aromatic carbocycles. The van der Waals surface area contributed by atoms with Crippen molar-refractivity contribution in [3.05, 3.63) is 47.4 Å². The molecule has 3 heterocycles. The Bertz CT molecular complexity index is 886. The lowest BCUT2D eigenvalue weighted by molar-refractivity contribution is 0.0678. The van der Waals surface area contributed by atoms with Crippen molar-refractivity contribution in [2.24, 2.45) is 0 Å². The second kappa shape index (κ2) is 9.64. The first-order valence-corrected chi connectivity index (χ1v) is 11.2. The summed E-state index contributed by atoms with van der Waals surface area (Å²) in [5.41, 5.74) is 1.67. The number of hydrogen-bond donors (Lipinski definition) is 0. The summed E-state index contributed by atoms with van der Waals surface area (Å²) < 4.78 is 11.4. The van der Waals surface area contributed by atoms with Crippen molar-refractivity contribution in [3.63, 3.8) is 0 Å². The molecule has 2 aliphatic heterocycles. The fourth-order valence-corrected chi connectivity index (χ4v) is 3.97. The average molecular weight is 425 g/mol. The van der Waals surface area contributed by atoms with Crippen LogP contribution in [0.15, 0.2) is 30.3 Å². The van der Waals surface area contributed by atoms with Crippen LogP contribution in [0.25, 0.3) is 0 Å². The van der Waals surface area contributed by atoms with E-state index in [0.717, 1.165) is 55.6 Å². The van der Waals surface area contributed by atoms with Gasteiger partial charge in [-0.1, -0.05) is 13.8 Å². The molecule has 0 unspecified atom stereocenters. The molecule has 7 nitrogen and oxygen atoms in total. The number of aryl methyl sites for hydroxylation is 1. The Morgan fingerprint density at radius 3 is 2.55 bits per heavy atom. The summed E-state index contributed by atoms with van der Waals surface area (Å²) in [6.07, 6.45) is 2.34. The zero-order valence-electron chi connectivity index (χ0n) is 18.7. The van der Waals surface area contributed by atoms with Crippen LogP contribution < -0.4 is 9.64 Å². The number of aromatic nitrogens is 2. The summed E-state index contributed by atoms with van der Waals surface area (Å²) in [6, 6.07) is 9.47. The molecule has 0 N–H and O–H groups in total. The molecule has 1 aromatic heterocycles. The SMILES string of the molecule is Cc1cc(N2CCN(C(=O)c3ccc(OC[C@H]4CCCO4)cc3)CC2)nc(C(C)C)n1. The predicted molar refractivity (Wildman–Crippen MR) is 120 cm³/mol. The zero-order valence-corrected chi connectivity index (χ0v) is 18.7. The van der Waals surface area contributed by atoms with Crippen LogP contribution in [0.3, 0.4) is 0 Å². The van der Waals surface area contributed by atoms with Gasteiger partial charge in [-0.25, -0.2) is 9.97 Å². The third kappa shape index (κ3) is 5.34. The van der Waals surface area contributed by atoms with Gasteiger partial charge in [0.05, 0.1) is 6.10 Å². The van der Waals surface area contributed by atoms with Gasteiger partial charge in [0.2, 0.25) is 0 Å². The van der Waals surface area contributed by atoms with Gasteiger partial charge in [0.15, 0.2) is 0 Å². The number of carbonyl (C=O) groups excluding carboxylic acids is 1. The Morgan fingerprint density at radius 1 is 1.16 bits per heavy atom. The minimum Gasteiger partial charge on any atom is -0.491 e. The molecule has 2 aliphatic rings. The maximum atomic E-state index is 12.9. The van der Waals surface area contributed by atoms with Gasteiger partial charge < -0.3 is 19.3 Å². The van der Waals surface area contributed by atoms with E-state index in [4.69, 9.17) is 14.5 Å². The Hall–Kier alpha value is -2.67. The molecule has 0 aliphatic carbocycles. The van der Waals surface area contributed by atoms with E-state index in [0.29, 0.717) is 31.2 Å². The zero-order chi connectivity index (χ0) is 21.8. The van der Waals surface area contributed by atoms with Crippen LogP contribution in [0.4, 0.5) is 5.82 Å². The van der Waals surface area contributed by atoms with E-state index >= 15 is 0 Å². The Labute approximate surface area is 184 Å². The summed E-state index contributed by atoms with van der Waals surface area (Å²) >= 11 is 0. The largest absolute Gasteiger partial charge is 0.491 e. The minimum absolute atomic E-state index is 0.0621. The Kier molecular flexibility index (Phi) is 6.70. The summed E-state index contributed by atoms with van der Waals surface area (Å²) in [6.45, 7) is 10.5. The minimum atomic E-state index is 0.0621. The molecule has 7 heteroatoms. The number of amides is 1. The van der Waals surface area contributed by atoms with Crippen LogP contribution in [-0.4, -0.2) is 66.3 Å². The monoisotopic (exact) mass is 424 g/mol. The number of rotatable bonds is 6. The van der Waals surface area contributed by atoms with E-state index in [1.807, 2.05) is 42.2 Å². The first kappa shape index (κ1) is 21.6. The van der Waals surface area contributed by atoms with Crippen molar-refractivity contribution in [1.82, 2.24) is 14.9 Å². The number of piperazine rings is 1. The van der Waals surface area contributed by atoms with Crippen LogP contribution in [0, 0.1) is 6.92 Å². The lowest BCUT2D eigenvalue weighted by Gasteiger charge is -2.35. The molecule has 4 rings (SSSR count). The van der Waals surface area contributed by atoms with Crippen molar-refractivity contribution >= 4 is 11.7 Å². The predicted octanol–water partition coefficient (Wildman–Crippen LogP) is 3.43. The Morgan fingerprint density at radius 2 is 1.90 bits per heavy atom. The third-order valence-corrected chi connectivity index (χ3v) is 5.83. The van der Waals surface area contributed by atoms with Gasteiger partial charge in [-0.3, -0.25) is 4.79 Å². The normalized spacial score (nSPS) is 19.2. The molecule has 1 atom stereocenters. The molecule has 31 heavy (non-hydrogen) atoms. The fourth-order valence-electron chi connectivity index (χ4n) is 3.97. The van der Waals surface area contributed by atoms with Crippen molar-refractivity contribution in [2.45, 2.75) is 45.6 Å². The molecule has 0 bridgehead atoms. The summed E-state index contributed by atoms with van der Waals surface area (Å²) in [7, 11) is 0. The van der Waals surface area contributed by atoms with Crippen molar-refractivity contribution in [1.29, 1.82) is 0 Å². The second-order valence-electron chi connectivity index (χ2n) is 8.63. The van der Waals surface area contributed by atoms with Gasteiger partial charge in [-0.15, -0.1) is 0 Å². The Balaban J connectivity index is 1.32. The van der Waals surface area contributed by atoms with Crippen LogP contribution >= 0.6 is 0 Å². The highest BCUT2D eigenvalue weighted by Crippen LogP contribution is 2.21. The number of nitrogens with zero attached hydrogens (tertiary/aromatic N) is 4. The van der Waals surface area contributed by atoms with Gasteiger partial charge in [0.25, 0.3) is 5.91 Å². The van der Waals surface area contributed by atoms with E-state index in [1.54, 1.807) is 0 Å². The highest BCUT2D eigenvalue weighted by Gasteiger charge is 2.24. The molecule has 166 valence electrons. The summed E-state index contributed by atoms with van der Waals surface area (Å²) in [5, 5.41) is 0. The molecule has 2 saturated heterocycles. The van der Waals surface area contributed by atoms with Gasteiger partial charge in [0.1, 0.15) is 24.0 Å². The lowest BCUT2D eigenvalue weighted by Crippen LogP contribution is -2.49. The lowest BCUT2D eigenvalue weighted by atomic mass is 10.1. The second-order valence-corrected chi connectivity index (χ2v) is 8.63. The number of carbonyl (C=O) groups is 1. The van der Waals surface area contributed by atoms with Crippen molar-refractivity contribution < 1.29 is 14.3 Å². The van der Waals surface area contributed by atoms with Crippen molar-refractivity contribution in [2.75, 3.05) is 44.3 Å². The molecular weight excluding hydrogens is 392 g/mol. The number of anilines is 1. The smallest absolute Gasteiger partial charge is 0.253 e. The first-order valence-electron chi connectivity index (χ1n) is 11.2. The van der Waals surface area contributed by atoms with E-state index in [2.05, 4.69) is 23.7 Å². The molecular formula is C24H32N4O3. The highest BCUT2D eigenvalue weighted by molar-refractivity contribution is 5.94. The molecule has 1 amide bonds. The van der Waals surface area contributed by atoms with Crippen LogP contribution in [-0.2, 0) is 4.74 Å². The molecule has 0 saturated carbocycles. The van der Waals surface area contributed by atoms with Gasteiger partial charge in [-0.05, 0) is 44.0 Å². The van der Waals surface area contributed by atoms with E-state index in [9.17, 15) is 4.79 Å². The van der Waals surface area contributed by atoms with Crippen LogP contribution in [0.5, 0.6) is 5.75 Å². The molecule has 2 fully saturated rings. The van der Waals surface area contributed by atoms with E-state index in [-0.39, 0.29) is 12.0 Å². The first-order chi connectivity index (χ1) is 15.0. The van der Waals surface area contributed by atoms with E-state index < -0.39 is 0 Å². The molecule has 2 aromatic rings. The average Bonchev–Trinajstić information content (AvgIpc) is 3.31.